The first-order valence-electron chi connectivity index (χ1n) is 9.13. The van der Waals surface area contributed by atoms with Gasteiger partial charge in [0.05, 0.1) is 0 Å². The highest BCUT2D eigenvalue weighted by Gasteiger charge is 2.25. The average molecular weight is 359 g/mol. The van der Waals surface area contributed by atoms with Gasteiger partial charge in [0.1, 0.15) is 0 Å². The van der Waals surface area contributed by atoms with Crippen LogP contribution in [0.1, 0.15) is 35.7 Å². The van der Waals surface area contributed by atoms with Crippen molar-refractivity contribution in [3.8, 4) is 0 Å². The zero-order chi connectivity index (χ0) is 18.9. The van der Waals surface area contributed by atoms with Crippen LogP contribution in [-0.4, -0.2) is 62.4 Å². The molecule has 1 saturated heterocycles. The van der Waals surface area contributed by atoms with Crippen molar-refractivity contribution in [2.24, 2.45) is 4.99 Å². The monoisotopic (exact) mass is 359 g/mol. The number of aliphatic imine (C=N–C) groups is 1. The van der Waals surface area contributed by atoms with E-state index in [9.17, 15) is 9.59 Å². The van der Waals surface area contributed by atoms with E-state index in [4.69, 9.17) is 0 Å². The summed E-state index contributed by atoms with van der Waals surface area (Å²) in [6, 6.07) is 7.84. The summed E-state index contributed by atoms with van der Waals surface area (Å²) in [4.78, 5) is 29.6. The molecule has 1 unspecified atom stereocenters. The molecule has 3 N–H and O–H groups in total. The molecule has 1 aliphatic rings. The molecule has 1 aromatic carbocycles. The van der Waals surface area contributed by atoms with Crippen molar-refractivity contribution in [2.75, 3.05) is 33.7 Å². The van der Waals surface area contributed by atoms with Gasteiger partial charge in [-0.05, 0) is 30.5 Å². The van der Waals surface area contributed by atoms with Crippen molar-refractivity contribution in [2.45, 2.75) is 32.2 Å². The lowest BCUT2D eigenvalue weighted by Gasteiger charge is -2.18. The van der Waals surface area contributed by atoms with Crippen molar-refractivity contribution in [1.29, 1.82) is 0 Å². The van der Waals surface area contributed by atoms with E-state index in [-0.39, 0.29) is 17.9 Å². The number of nitrogens with one attached hydrogen (secondary N) is 3. The predicted molar refractivity (Wildman–Crippen MR) is 103 cm³/mol. The third-order valence-corrected chi connectivity index (χ3v) is 4.53. The van der Waals surface area contributed by atoms with Gasteiger partial charge in [-0.2, -0.15) is 0 Å². The largest absolute Gasteiger partial charge is 0.356 e. The maximum absolute atomic E-state index is 11.8. The molecule has 1 heterocycles. The van der Waals surface area contributed by atoms with E-state index in [0.29, 0.717) is 18.5 Å². The number of nitrogens with zero attached hydrogens (tertiary/aromatic N) is 2. The second-order valence-electron chi connectivity index (χ2n) is 6.35. The van der Waals surface area contributed by atoms with Crippen molar-refractivity contribution < 1.29 is 9.59 Å². The molecule has 0 spiro atoms. The summed E-state index contributed by atoms with van der Waals surface area (Å²) in [6.07, 6.45) is 2.27. The molecule has 1 aliphatic heterocycles. The Bertz CT molecular complexity index is 659. The minimum Gasteiger partial charge on any atom is -0.356 e. The van der Waals surface area contributed by atoms with Crippen molar-refractivity contribution in [3.63, 3.8) is 0 Å². The van der Waals surface area contributed by atoms with Gasteiger partial charge in [0.2, 0.25) is 5.91 Å². The molecule has 1 aromatic rings. The van der Waals surface area contributed by atoms with Gasteiger partial charge < -0.3 is 20.9 Å². The number of rotatable bonds is 6. The number of guanidine groups is 1. The molecule has 0 bridgehead atoms. The van der Waals surface area contributed by atoms with Gasteiger partial charge in [-0.3, -0.25) is 14.6 Å². The van der Waals surface area contributed by atoms with Crippen LogP contribution in [0.4, 0.5) is 0 Å². The quantitative estimate of drug-likeness (QED) is 0.517. The van der Waals surface area contributed by atoms with Gasteiger partial charge in [0.15, 0.2) is 5.96 Å². The van der Waals surface area contributed by atoms with E-state index in [2.05, 4.69) is 20.9 Å². The molecule has 7 heteroatoms. The molecule has 0 aliphatic carbocycles. The Morgan fingerprint density at radius 2 is 2.15 bits per heavy atom. The molecule has 2 amide bonds. The van der Waals surface area contributed by atoms with Crippen LogP contribution in [0.2, 0.25) is 0 Å². The fraction of sp³-hybridized carbons (Fsp3) is 0.526. The second kappa shape index (κ2) is 9.79. The zero-order valence-electron chi connectivity index (χ0n) is 15.8. The maximum atomic E-state index is 11.8. The minimum atomic E-state index is -0.0790. The van der Waals surface area contributed by atoms with Gasteiger partial charge in [-0.15, -0.1) is 0 Å². The Morgan fingerprint density at radius 3 is 2.85 bits per heavy atom. The summed E-state index contributed by atoms with van der Waals surface area (Å²) >= 11 is 0. The normalized spacial score (nSPS) is 17.1. The number of carbonyl (C=O) groups is 2. The first kappa shape index (κ1) is 19.8. The maximum Gasteiger partial charge on any atom is 0.251 e. The highest BCUT2D eigenvalue weighted by molar-refractivity contribution is 5.94. The van der Waals surface area contributed by atoms with E-state index in [1.807, 2.05) is 30.0 Å². The molecular weight excluding hydrogens is 330 g/mol. The number of carbonyl (C=O) groups excluding carboxylic acids is 2. The van der Waals surface area contributed by atoms with Gasteiger partial charge in [0.25, 0.3) is 5.91 Å². The van der Waals surface area contributed by atoms with Crippen LogP contribution in [0.3, 0.4) is 0 Å². The summed E-state index contributed by atoms with van der Waals surface area (Å²) in [7, 11) is 3.37. The number of hydrogen-bond donors (Lipinski definition) is 3. The van der Waals surface area contributed by atoms with Crippen molar-refractivity contribution in [3.05, 3.63) is 35.4 Å². The highest BCUT2D eigenvalue weighted by Crippen LogP contribution is 2.10. The molecule has 142 valence electrons. The lowest BCUT2D eigenvalue weighted by atomic mass is 10.1. The fourth-order valence-electron chi connectivity index (χ4n) is 3.05. The number of hydrogen-bond acceptors (Lipinski definition) is 3. The minimum absolute atomic E-state index is 0.0790. The summed E-state index contributed by atoms with van der Waals surface area (Å²) < 4.78 is 0. The van der Waals surface area contributed by atoms with Crippen LogP contribution in [0, 0.1) is 0 Å². The number of likely N-dealkylation sites (tertiary alicyclic amines) is 1. The van der Waals surface area contributed by atoms with Crippen LogP contribution in [0.5, 0.6) is 0 Å². The lowest BCUT2D eigenvalue weighted by Crippen LogP contribution is -2.45. The first-order chi connectivity index (χ1) is 12.6. The second-order valence-corrected chi connectivity index (χ2v) is 6.35. The fourth-order valence-corrected chi connectivity index (χ4v) is 3.05. The predicted octanol–water partition coefficient (Wildman–Crippen LogP) is 0.765. The third kappa shape index (κ3) is 5.47. The first-order valence-corrected chi connectivity index (χ1v) is 9.13. The molecule has 2 rings (SSSR count). The molecule has 26 heavy (non-hydrogen) atoms. The molecule has 7 nitrogen and oxygen atoms in total. The average Bonchev–Trinajstić information content (AvgIpc) is 3.14. The molecule has 0 saturated carbocycles. The van der Waals surface area contributed by atoms with E-state index < -0.39 is 0 Å². The Labute approximate surface area is 155 Å². The van der Waals surface area contributed by atoms with Crippen LogP contribution in [0.25, 0.3) is 0 Å². The standard InChI is InChI=1S/C19H29N5O2/c1-4-17(25)24-11-9-16(13-24)23-19(21-3)22-10-8-14-6-5-7-15(12-14)18(26)20-2/h5-7,12,16H,4,8-11,13H2,1-3H3,(H,20,26)(H2,21,22,23). The van der Waals surface area contributed by atoms with Crippen molar-refractivity contribution >= 4 is 17.8 Å². The number of benzene rings is 1. The van der Waals surface area contributed by atoms with Crippen LogP contribution in [-0.2, 0) is 11.2 Å². The summed E-state index contributed by atoms with van der Waals surface area (Å²) in [6.45, 7) is 4.12. The summed E-state index contributed by atoms with van der Waals surface area (Å²) in [5.74, 6) is 0.862. The number of amides is 2. The Hall–Kier alpha value is -2.57. The SMILES string of the molecule is CCC(=O)N1CCC(NC(=NC)NCCc2cccc(C(=O)NC)c2)C1. The van der Waals surface area contributed by atoms with Gasteiger partial charge in [-0.25, -0.2) is 0 Å². The van der Waals surface area contributed by atoms with Gasteiger partial charge >= 0.3 is 0 Å². The topological polar surface area (TPSA) is 85.8 Å². The smallest absolute Gasteiger partial charge is 0.251 e. The molecule has 1 atom stereocenters. The lowest BCUT2D eigenvalue weighted by molar-refractivity contribution is -0.129. The molecular formula is C19H29N5O2. The highest BCUT2D eigenvalue weighted by atomic mass is 16.2. The molecule has 0 radical (unpaired) electrons. The van der Waals surface area contributed by atoms with Crippen LogP contribution < -0.4 is 16.0 Å². The van der Waals surface area contributed by atoms with Crippen molar-refractivity contribution in [1.82, 2.24) is 20.9 Å². The Kier molecular flexibility index (Phi) is 7.44. The Balaban J connectivity index is 1.79. The van der Waals surface area contributed by atoms with Crippen LogP contribution in [0.15, 0.2) is 29.3 Å². The summed E-state index contributed by atoms with van der Waals surface area (Å²) in [5.41, 5.74) is 1.76. The Morgan fingerprint density at radius 1 is 1.35 bits per heavy atom. The summed E-state index contributed by atoms with van der Waals surface area (Å²) in [5, 5.41) is 9.32. The van der Waals surface area contributed by atoms with Gasteiger partial charge in [0, 0.05) is 51.8 Å². The van der Waals surface area contributed by atoms with E-state index in [1.165, 1.54) is 0 Å². The van der Waals surface area contributed by atoms with Crippen LogP contribution >= 0.6 is 0 Å². The molecule has 1 fully saturated rings. The van der Waals surface area contributed by atoms with E-state index in [1.54, 1.807) is 20.2 Å². The zero-order valence-corrected chi connectivity index (χ0v) is 15.8. The van der Waals surface area contributed by atoms with E-state index in [0.717, 1.165) is 37.5 Å². The molecule has 0 aromatic heterocycles. The van der Waals surface area contributed by atoms with E-state index >= 15 is 0 Å². The third-order valence-electron chi connectivity index (χ3n) is 4.53. The van der Waals surface area contributed by atoms with Gasteiger partial charge in [-0.1, -0.05) is 19.1 Å².